The van der Waals surface area contributed by atoms with Crippen LogP contribution < -0.4 is 5.73 Å². The van der Waals surface area contributed by atoms with Gasteiger partial charge in [-0.15, -0.1) is 0 Å². The first-order valence-corrected chi connectivity index (χ1v) is 5.62. The second kappa shape index (κ2) is 5.47. The average Bonchev–Trinajstić information content (AvgIpc) is 2.20. The zero-order chi connectivity index (χ0) is 11.4. The molecule has 0 radical (unpaired) electrons. The van der Waals surface area contributed by atoms with Gasteiger partial charge in [-0.3, -0.25) is 0 Å². The highest BCUT2D eigenvalue weighted by molar-refractivity contribution is 6.31. The Morgan fingerprint density at radius 1 is 1.47 bits per heavy atom. The van der Waals surface area contributed by atoms with Crippen molar-refractivity contribution in [1.29, 1.82) is 0 Å². The molecule has 0 heterocycles. The van der Waals surface area contributed by atoms with Crippen molar-refractivity contribution in [3.63, 3.8) is 0 Å². The molecule has 2 unspecified atom stereocenters. The molecule has 0 amide bonds. The van der Waals surface area contributed by atoms with Crippen LogP contribution in [0.1, 0.15) is 25.8 Å². The molecule has 2 N–H and O–H groups in total. The molecular formula is C12H17ClFN. The molecule has 15 heavy (non-hydrogen) atoms. The second-order valence-electron chi connectivity index (χ2n) is 3.99. The van der Waals surface area contributed by atoms with E-state index in [1.807, 2.05) is 0 Å². The quantitative estimate of drug-likeness (QED) is 0.842. The Bertz CT molecular complexity index is 327. The molecule has 0 aliphatic carbocycles. The van der Waals surface area contributed by atoms with Crippen LogP contribution in [0.25, 0.3) is 0 Å². The molecule has 0 bridgehead atoms. The summed E-state index contributed by atoms with van der Waals surface area (Å²) >= 11 is 5.93. The van der Waals surface area contributed by atoms with Crippen LogP contribution in [0.3, 0.4) is 0 Å². The van der Waals surface area contributed by atoms with Crippen molar-refractivity contribution >= 4 is 11.6 Å². The van der Waals surface area contributed by atoms with Gasteiger partial charge in [0.05, 0.1) is 0 Å². The molecule has 84 valence electrons. The predicted molar refractivity (Wildman–Crippen MR) is 62.5 cm³/mol. The van der Waals surface area contributed by atoms with Gasteiger partial charge < -0.3 is 5.73 Å². The van der Waals surface area contributed by atoms with Crippen molar-refractivity contribution in [3.05, 3.63) is 34.6 Å². The number of hydrogen-bond donors (Lipinski definition) is 1. The summed E-state index contributed by atoms with van der Waals surface area (Å²) in [5, 5.41) is 0.466. The Kier molecular flexibility index (Phi) is 4.55. The smallest absolute Gasteiger partial charge is 0.124 e. The van der Waals surface area contributed by atoms with E-state index in [1.54, 1.807) is 6.07 Å². The first kappa shape index (κ1) is 12.5. The third-order valence-electron chi connectivity index (χ3n) is 2.85. The molecule has 0 aromatic heterocycles. The fraction of sp³-hybridized carbons (Fsp3) is 0.500. The zero-order valence-electron chi connectivity index (χ0n) is 9.13. The van der Waals surface area contributed by atoms with E-state index in [0.29, 0.717) is 17.4 Å². The monoisotopic (exact) mass is 229 g/mol. The van der Waals surface area contributed by atoms with Gasteiger partial charge in [0.1, 0.15) is 5.82 Å². The van der Waals surface area contributed by atoms with Crippen molar-refractivity contribution in [3.8, 4) is 0 Å². The fourth-order valence-corrected chi connectivity index (χ4v) is 1.69. The molecule has 3 heteroatoms. The summed E-state index contributed by atoms with van der Waals surface area (Å²) in [5.74, 6) is 0.145. The van der Waals surface area contributed by atoms with Gasteiger partial charge >= 0.3 is 0 Å². The lowest BCUT2D eigenvalue weighted by Crippen LogP contribution is -2.30. The van der Waals surface area contributed by atoms with E-state index >= 15 is 0 Å². The highest BCUT2D eigenvalue weighted by Crippen LogP contribution is 2.20. The van der Waals surface area contributed by atoms with Gasteiger partial charge in [0, 0.05) is 11.1 Å². The van der Waals surface area contributed by atoms with Gasteiger partial charge in [-0.1, -0.05) is 37.9 Å². The average molecular weight is 230 g/mol. The molecular weight excluding hydrogens is 213 g/mol. The number of rotatable bonds is 4. The van der Waals surface area contributed by atoms with Crippen molar-refractivity contribution < 1.29 is 4.39 Å². The first-order valence-electron chi connectivity index (χ1n) is 5.24. The maximum absolute atomic E-state index is 12.8. The maximum Gasteiger partial charge on any atom is 0.124 e. The Labute approximate surface area is 95.4 Å². The van der Waals surface area contributed by atoms with Crippen LogP contribution in [0.2, 0.25) is 5.02 Å². The van der Waals surface area contributed by atoms with Crippen molar-refractivity contribution in [2.75, 3.05) is 0 Å². The number of hydrogen-bond acceptors (Lipinski definition) is 1. The normalized spacial score (nSPS) is 15.0. The van der Waals surface area contributed by atoms with Crippen LogP contribution in [0.5, 0.6) is 0 Å². The molecule has 1 nitrogen and oxygen atoms in total. The number of benzene rings is 1. The Hall–Kier alpha value is -0.600. The van der Waals surface area contributed by atoms with Gasteiger partial charge in [0.2, 0.25) is 0 Å². The second-order valence-corrected chi connectivity index (χ2v) is 4.40. The molecule has 1 aromatic rings. The maximum atomic E-state index is 12.8. The Balaban J connectivity index is 2.72. The molecule has 0 saturated carbocycles. The lowest BCUT2D eigenvalue weighted by atomic mass is 9.94. The van der Waals surface area contributed by atoms with E-state index in [2.05, 4.69) is 13.8 Å². The topological polar surface area (TPSA) is 26.0 Å². The third kappa shape index (κ3) is 3.47. The van der Waals surface area contributed by atoms with E-state index in [9.17, 15) is 4.39 Å². The minimum Gasteiger partial charge on any atom is -0.327 e. The van der Waals surface area contributed by atoms with E-state index in [4.69, 9.17) is 17.3 Å². The Morgan fingerprint density at radius 3 is 2.67 bits per heavy atom. The zero-order valence-corrected chi connectivity index (χ0v) is 9.89. The predicted octanol–water partition coefficient (Wildman–Crippen LogP) is 3.40. The summed E-state index contributed by atoms with van der Waals surface area (Å²) in [5.41, 5.74) is 6.94. The van der Waals surface area contributed by atoms with Gasteiger partial charge in [0.15, 0.2) is 0 Å². The van der Waals surface area contributed by atoms with Gasteiger partial charge in [-0.25, -0.2) is 4.39 Å². The minimum absolute atomic E-state index is 0.0814. The fourth-order valence-electron chi connectivity index (χ4n) is 1.45. The molecule has 2 atom stereocenters. The van der Waals surface area contributed by atoms with Crippen molar-refractivity contribution in [2.45, 2.75) is 32.7 Å². The molecule has 1 aromatic carbocycles. The molecule has 0 aliphatic heterocycles. The minimum atomic E-state index is -0.305. The molecule has 0 aliphatic rings. The third-order valence-corrected chi connectivity index (χ3v) is 3.20. The number of halogens is 2. The van der Waals surface area contributed by atoms with Crippen LogP contribution in [0.4, 0.5) is 4.39 Å². The summed E-state index contributed by atoms with van der Waals surface area (Å²) in [7, 11) is 0. The van der Waals surface area contributed by atoms with E-state index in [1.165, 1.54) is 12.1 Å². The first-order chi connectivity index (χ1) is 7.04. The lowest BCUT2D eigenvalue weighted by molar-refractivity contribution is 0.440. The van der Waals surface area contributed by atoms with Crippen LogP contribution in [-0.2, 0) is 6.42 Å². The van der Waals surface area contributed by atoms with E-state index in [-0.39, 0.29) is 11.9 Å². The summed E-state index contributed by atoms with van der Waals surface area (Å²) in [6.45, 7) is 4.22. The van der Waals surface area contributed by atoms with Crippen LogP contribution in [-0.4, -0.2) is 6.04 Å². The standard InChI is InChI=1S/C12H17ClFN/c1-3-8(2)12(15)6-9-4-5-10(14)7-11(9)13/h4-5,7-8,12H,3,6,15H2,1-2H3. The molecule has 0 spiro atoms. The highest BCUT2D eigenvalue weighted by atomic mass is 35.5. The van der Waals surface area contributed by atoms with Crippen molar-refractivity contribution in [2.24, 2.45) is 11.7 Å². The van der Waals surface area contributed by atoms with Gasteiger partial charge in [-0.05, 0) is 30.0 Å². The SMILES string of the molecule is CCC(C)C(N)Cc1ccc(F)cc1Cl. The highest BCUT2D eigenvalue weighted by Gasteiger charge is 2.13. The van der Waals surface area contributed by atoms with E-state index < -0.39 is 0 Å². The van der Waals surface area contributed by atoms with Gasteiger partial charge in [0.25, 0.3) is 0 Å². The molecule has 1 rings (SSSR count). The van der Waals surface area contributed by atoms with E-state index in [0.717, 1.165) is 12.0 Å². The summed E-state index contributed by atoms with van der Waals surface area (Å²) in [6, 6.07) is 4.54. The molecule has 0 saturated heterocycles. The van der Waals surface area contributed by atoms with Crippen LogP contribution >= 0.6 is 11.6 Å². The van der Waals surface area contributed by atoms with Gasteiger partial charge in [-0.2, -0.15) is 0 Å². The summed E-state index contributed by atoms with van der Waals surface area (Å²) in [6.07, 6.45) is 1.74. The largest absolute Gasteiger partial charge is 0.327 e. The number of nitrogens with two attached hydrogens (primary N) is 1. The summed E-state index contributed by atoms with van der Waals surface area (Å²) < 4.78 is 12.8. The lowest BCUT2D eigenvalue weighted by Gasteiger charge is -2.18. The van der Waals surface area contributed by atoms with Crippen molar-refractivity contribution in [1.82, 2.24) is 0 Å². The van der Waals surface area contributed by atoms with Crippen LogP contribution in [0, 0.1) is 11.7 Å². The van der Waals surface area contributed by atoms with Crippen LogP contribution in [0.15, 0.2) is 18.2 Å². The Morgan fingerprint density at radius 2 is 2.13 bits per heavy atom. The molecule has 0 fully saturated rings. The summed E-state index contributed by atoms with van der Waals surface area (Å²) in [4.78, 5) is 0.